The minimum absolute atomic E-state index is 0. The quantitative estimate of drug-likeness (QED) is 0.332. The van der Waals surface area contributed by atoms with Gasteiger partial charge in [-0.05, 0) is 49.4 Å². The fraction of sp³-hybridized carbons (Fsp3) is 0.500. The van der Waals surface area contributed by atoms with Crippen LogP contribution in [0.15, 0.2) is 47.5 Å². The Morgan fingerprint density at radius 2 is 2.00 bits per heavy atom. The maximum Gasteiger partial charge on any atom is 0.193 e. The van der Waals surface area contributed by atoms with Crippen molar-refractivity contribution >= 4 is 35.6 Å². The molecule has 0 radical (unpaired) electrons. The molecular formula is C26H37IN4O2. The van der Waals surface area contributed by atoms with Gasteiger partial charge < -0.3 is 24.6 Å². The summed E-state index contributed by atoms with van der Waals surface area (Å²) in [6.45, 7) is 9.76. The van der Waals surface area contributed by atoms with Crippen molar-refractivity contribution in [3.8, 4) is 5.75 Å². The van der Waals surface area contributed by atoms with E-state index >= 15 is 0 Å². The lowest BCUT2D eigenvalue weighted by Gasteiger charge is -2.36. The molecule has 1 N–H and O–H groups in total. The van der Waals surface area contributed by atoms with Gasteiger partial charge in [0.1, 0.15) is 11.9 Å². The standard InChI is InChI=1S/C26H36N4O2.HI/c1-19-8-9-24(20(2)14-19)25-18-30(12-13-32-25)26(27-3)28-16-21-10-11-29(17-21)22-6-5-7-23(15-22)31-4;/h5-9,14-15,21,25H,10-13,16-18H2,1-4H3,(H,27,28);1H. The zero-order valence-corrected chi connectivity index (χ0v) is 22.5. The van der Waals surface area contributed by atoms with Crippen LogP contribution in [0.25, 0.3) is 0 Å². The average molecular weight is 565 g/mol. The molecule has 0 amide bonds. The van der Waals surface area contributed by atoms with Crippen molar-refractivity contribution in [3.05, 3.63) is 59.2 Å². The topological polar surface area (TPSA) is 49.3 Å². The highest BCUT2D eigenvalue weighted by Gasteiger charge is 2.27. The molecule has 0 aliphatic carbocycles. The molecule has 0 aromatic heterocycles. The summed E-state index contributed by atoms with van der Waals surface area (Å²) in [5.41, 5.74) is 5.10. The largest absolute Gasteiger partial charge is 0.497 e. The summed E-state index contributed by atoms with van der Waals surface area (Å²) < 4.78 is 11.5. The van der Waals surface area contributed by atoms with Gasteiger partial charge in [-0.3, -0.25) is 4.99 Å². The van der Waals surface area contributed by atoms with E-state index < -0.39 is 0 Å². The van der Waals surface area contributed by atoms with Crippen molar-refractivity contribution in [3.63, 3.8) is 0 Å². The van der Waals surface area contributed by atoms with Crippen molar-refractivity contribution < 1.29 is 9.47 Å². The summed E-state index contributed by atoms with van der Waals surface area (Å²) in [6, 6.07) is 15.0. The fourth-order valence-corrected chi connectivity index (χ4v) is 4.83. The van der Waals surface area contributed by atoms with Crippen LogP contribution in [0.3, 0.4) is 0 Å². The maximum atomic E-state index is 6.13. The molecule has 2 saturated heterocycles. The van der Waals surface area contributed by atoms with E-state index in [9.17, 15) is 0 Å². The smallest absolute Gasteiger partial charge is 0.193 e. The number of anilines is 1. The van der Waals surface area contributed by atoms with Gasteiger partial charge in [0.15, 0.2) is 5.96 Å². The molecule has 180 valence electrons. The van der Waals surface area contributed by atoms with Gasteiger partial charge in [0.05, 0.1) is 20.3 Å². The second kappa shape index (κ2) is 11.9. The number of benzene rings is 2. The molecule has 2 heterocycles. The van der Waals surface area contributed by atoms with Crippen LogP contribution < -0.4 is 15.0 Å². The Kier molecular flexibility index (Phi) is 9.26. The Morgan fingerprint density at radius 3 is 2.76 bits per heavy atom. The summed E-state index contributed by atoms with van der Waals surface area (Å²) in [6.07, 6.45) is 1.26. The third-order valence-electron chi connectivity index (χ3n) is 6.60. The van der Waals surface area contributed by atoms with Gasteiger partial charge in [-0.15, -0.1) is 24.0 Å². The van der Waals surface area contributed by atoms with E-state index in [-0.39, 0.29) is 30.1 Å². The molecule has 2 unspecified atom stereocenters. The number of rotatable bonds is 5. The number of halogens is 1. The van der Waals surface area contributed by atoms with Crippen molar-refractivity contribution in [1.29, 1.82) is 0 Å². The summed E-state index contributed by atoms with van der Waals surface area (Å²) in [4.78, 5) is 9.37. The van der Waals surface area contributed by atoms with Gasteiger partial charge >= 0.3 is 0 Å². The van der Waals surface area contributed by atoms with Crippen molar-refractivity contribution in [2.45, 2.75) is 26.4 Å². The molecule has 33 heavy (non-hydrogen) atoms. The molecule has 0 saturated carbocycles. The van der Waals surface area contributed by atoms with Crippen LogP contribution >= 0.6 is 24.0 Å². The van der Waals surface area contributed by atoms with E-state index in [4.69, 9.17) is 9.47 Å². The lowest BCUT2D eigenvalue weighted by molar-refractivity contribution is -0.00836. The zero-order chi connectivity index (χ0) is 22.5. The highest BCUT2D eigenvalue weighted by atomic mass is 127. The fourth-order valence-electron chi connectivity index (χ4n) is 4.83. The Morgan fingerprint density at radius 1 is 1.15 bits per heavy atom. The summed E-state index contributed by atoms with van der Waals surface area (Å²) >= 11 is 0. The molecule has 6 nitrogen and oxygen atoms in total. The minimum atomic E-state index is 0. The molecule has 0 spiro atoms. The van der Waals surface area contributed by atoms with Crippen LogP contribution in [0, 0.1) is 19.8 Å². The molecule has 2 fully saturated rings. The third-order valence-corrected chi connectivity index (χ3v) is 6.60. The number of morpholine rings is 1. The maximum absolute atomic E-state index is 6.13. The Labute approximate surface area is 215 Å². The van der Waals surface area contributed by atoms with E-state index in [0.29, 0.717) is 12.5 Å². The van der Waals surface area contributed by atoms with Crippen LogP contribution in [0.4, 0.5) is 5.69 Å². The van der Waals surface area contributed by atoms with E-state index in [1.54, 1.807) is 7.11 Å². The van der Waals surface area contributed by atoms with Crippen LogP contribution in [0.2, 0.25) is 0 Å². The Balaban J connectivity index is 0.00000306. The van der Waals surface area contributed by atoms with Gasteiger partial charge in [0.25, 0.3) is 0 Å². The molecule has 2 aromatic rings. The molecular weight excluding hydrogens is 527 g/mol. The summed E-state index contributed by atoms with van der Waals surface area (Å²) in [7, 11) is 3.60. The van der Waals surface area contributed by atoms with Gasteiger partial charge in [0.2, 0.25) is 0 Å². The van der Waals surface area contributed by atoms with Gasteiger partial charge in [0, 0.05) is 45.0 Å². The number of guanidine groups is 1. The Hall–Kier alpha value is -2.00. The zero-order valence-electron chi connectivity index (χ0n) is 20.2. The average Bonchev–Trinajstić information content (AvgIpc) is 3.29. The molecule has 4 rings (SSSR count). The number of aliphatic imine (C=N–C) groups is 1. The SMILES string of the molecule is CN=C(NCC1CCN(c2cccc(OC)c2)C1)N1CCOC(c2ccc(C)cc2C)C1.I. The van der Waals surface area contributed by atoms with Gasteiger partial charge in [-0.2, -0.15) is 0 Å². The van der Waals surface area contributed by atoms with Crippen LogP contribution in [0.5, 0.6) is 5.75 Å². The Bertz CT molecular complexity index is 952. The first kappa shape index (κ1) is 25.6. The van der Waals surface area contributed by atoms with Crippen LogP contribution in [-0.2, 0) is 4.74 Å². The van der Waals surface area contributed by atoms with E-state index in [0.717, 1.165) is 44.4 Å². The second-order valence-corrected chi connectivity index (χ2v) is 8.90. The van der Waals surface area contributed by atoms with Crippen molar-refractivity contribution in [1.82, 2.24) is 10.2 Å². The number of hydrogen-bond donors (Lipinski definition) is 1. The molecule has 7 heteroatoms. The lowest BCUT2D eigenvalue weighted by atomic mass is 10.00. The van der Waals surface area contributed by atoms with E-state index in [2.05, 4.69) is 70.4 Å². The number of nitrogens with zero attached hydrogens (tertiary/aromatic N) is 3. The molecule has 2 aromatic carbocycles. The monoisotopic (exact) mass is 564 g/mol. The molecule has 2 aliphatic rings. The van der Waals surface area contributed by atoms with Crippen LogP contribution in [0.1, 0.15) is 29.2 Å². The molecule has 0 bridgehead atoms. The number of nitrogens with one attached hydrogen (secondary N) is 1. The predicted octanol–water partition coefficient (Wildman–Crippen LogP) is 4.41. The minimum Gasteiger partial charge on any atom is -0.497 e. The highest BCUT2D eigenvalue weighted by molar-refractivity contribution is 14.0. The lowest BCUT2D eigenvalue weighted by Crippen LogP contribution is -2.49. The normalized spacial score (nSPS) is 21.0. The number of methoxy groups -OCH3 is 1. The molecule has 2 aliphatic heterocycles. The first-order chi connectivity index (χ1) is 15.6. The van der Waals surface area contributed by atoms with E-state index in [1.165, 1.54) is 28.8 Å². The summed E-state index contributed by atoms with van der Waals surface area (Å²) in [5.74, 6) is 2.48. The van der Waals surface area contributed by atoms with E-state index in [1.807, 2.05) is 13.1 Å². The number of ether oxygens (including phenoxy) is 2. The third kappa shape index (κ3) is 6.32. The molecule has 2 atom stereocenters. The van der Waals surface area contributed by atoms with Crippen LogP contribution in [-0.4, -0.2) is 64.3 Å². The first-order valence-corrected chi connectivity index (χ1v) is 11.6. The predicted molar refractivity (Wildman–Crippen MR) is 146 cm³/mol. The highest BCUT2D eigenvalue weighted by Crippen LogP contribution is 2.28. The number of hydrogen-bond acceptors (Lipinski definition) is 4. The second-order valence-electron chi connectivity index (χ2n) is 8.90. The summed E-state index contributed by atoms with van der Waals surface area (Å²) in [5, 5.41) is 3.64. The van der Waals surface area contributed by atoms with Crippen molar-refractivity contribution in [2.24, 2.45) is 10.9 Å². The van der Waals surface area contributed by atoms with Crippen molar-refractivity contribution in [2.75, 3.05) is 58.4 Å². The number of aryl methyl sites for hydroxylation is 2. The first-order valence-electron chi connectivity index (χ1n) is 11.6. The van der Waals surface area contributed by atoms with Gasteiger partial charge in [-0.25, -0.2) is 0 Å². The van der Waals surface area contributed by atoms with Gasteiger partial charge in [-0.1, -0.05) is 29.8 Å².